The summed E-state index contributed by atoms with van der Waals surface area (Å²) in [5.41, 5.74) is 2.81. The van der Waals surface area contributed by atoms with Crippen molar-refractivity contribution in [3.05, 3.63) is 65.7 Å². The Morgan fingerprint density at radius 1 is 1.09 bits per heavy atom. The zero-order valence-corrected chi connectivity index (χ0v) is 20.5. The monoisotopic (exact) mass is 484 g/mol. The van der Waals surface area contributed by atoms with Gasteiger partial charge in [-0.1, -0.05) is 59.6 Å². The van der Waals surface area contributed by atoms with Gasteiger partial charge in [0.15, 0.2) is 0 Å². The van der Waals surface area contributed by atoms with E-state index in [2.05, 4.69) is 5.16 Å². The lowest BCUT2D eigenvalue weighted by Gasteiger charge is -2.29. The quantitative estimate of drug-likeness (QED) is 0.428. The zero-order chi connectivity index (χ0) is 24.1. The van der Waals surface area contributed by atoms with Crippen molar-refractivity contribution < 1.29 is 22.8 Å². The van der Waals surface area contributed by atoms with E-state index in [1.54, 1.807) is 31.2 Å². The van der Waals surface area contributed by atoms with E-state index in [0.29, 0.717) is 19.4 Å². The van der Waals surface area contributed by atoms with E-state index in [0.717, 1.165) is 36.1 Å². The zero-order valence-electron chi connectivity index (χ0n) is 19.7. The first-order valence-corrected chi connectivity index (χ1v) is 13.3. The van der Waals surface area contributed by atoms with Crippen molar-refractivity contribution in [1.29, 1.82) is 0 Å². The van der Waals surface area contributed by atoms with E-state index >= 15 is 0 Å². The van der Waals surface area contributed by atoms with Crippen molar-refractivity contribution in [2.24, 2.45) is 11.1 Å². The third-order valence-electron chi connectivity index (χ3n) is 6.60. The van der Waals surface area contributed by atoms with Gasteiger partial charge < -0.3 is 9.57 Å². The number of ether oxygens (including phenoxy) is 1. The van der Waals surface area contributed by atoms with Crippen LogP contribution in [0.25, 0.3) is 0 Å². The molecule has 0 unspecified atom stereocenters. The SMILES string of the molecule is CCOC(=O)[C@@H]1C[C@@H]2/C(=N/OCc3ccccc3)CCCC[C@@H]2N1S(=O)(=O)c1ccc(C)cc1. The van der Waals surface area contributed by atoms with Gasteiger partial charge in [-0.25, -0.2) is 8.42 Å². The van der Waals surface area contributed by atoms with Gasteiger partial charge in [-0.05, 0) is 57.2 Å². The van der Waals surface area contributed by atoms with E-state index in [1.807, 2.05) is 37.3 Å². The highest BCUT2D eigenvalue weighted by atomic mass is 32.2. The van der Waals surface area contributed by atoms with Gasteiger partial charge in [-0.3, -0.25) is 4.79 Å². The summed E-state index contributed by atoms with van der Waals surface area (Å²) < 4.78 is 34.3. The molecule has 0 N–H and O–H groups in total. The Morgan fingerprint density at radius 2 is 1.82 bits per heavy atom. The Bertz CT molecular complexity index is 1120. The molecule has 1 aliphatic heterocycles. The Labute approximate surface area is 201 Å². The van der Waals surface area contributed by atoms with Crippen molar-refractivity contribution >= 4 is 21.7 Å². The molecule has 2 fully saturated rings. The van der Waals surface area contributed by atoms with Crippen LogP contribution >= 0.6 is 0 Å². The number of carbonyl (C=O) groups is 1. The average molecular weight is 485 g/mol. The highest BCUT2D eigenvalue weighted by Gasteiger charge is 2.53. The lowest BCUT2D eigenvalue weighted by atomic mass is 9.92. The summed E-state index contributed by atoms with van der Waals surface area (Å²) in [7, 11) is -3.90. The van der Waals surface area contributed by atoms with Crippen LogP contribution < -0.4 is 0 Å². The van der Waals surface area contributed by atoms with Crippen LogP contribution in [0, 0.1) is 12.8 Å². The molecule has 1 saturated heterocycles. The van der Waals surface area contributed by atoms with Crippen LogP contribution in [-0.2, 0) is 31.0 Å². The number of fused-ring (bicyclic) bond motifs is 1. The molecule has 34 heavy (non-hydrogen) atoms. The summed E-state index contributed by atoms with van der Waals surface area (Å²) in [6.07, 6.45) is 3.51. The van der Waals surface area contributed by atoms with Crippen LogP contribution in [0.3, 0.4) is 0 Å². The first-order valence-electron chi connectivity index (χ1n) is 11.9. The molecule has 2 aromatic rings. The van der Waals surface area contributed by atoms with Crippen LogP contribution in [0.15, 0.2) is 64.6 Å². The molecule has 8 heteroatoms. The lowest BCUT2D eigenvalue weighted by Crippen LogP contribution is -2.46. The molecule has 3 atom stereocenters. The first kappa shape index (κ1) is 24.4. The number of esters is 1. The summed E-state index contributed by atoms with van der Waals surface area (Å²) in [6.45, 7) is 4.18. The second-order valence-corrected chi connectivity index (χ2v) is 10.8. The van der Waals surface area contributed by atoms with Crippen molar-refractivity contribution in [3.8, 4) is 0 Å². The minimum atomic E-state index is -3.90. The van der Waals surface area contributed by atoms with Gasteiger partial charge in [0.2, 0.25) is 10.0 Å². The maximum absolute atomic E-state index is 13.8. The van der Waals surface area contributed by atoms with Gasteiger partial charge in [-0.2, -0.15) is 4.31 Å². The maximum Gasteiger partial charge on any atom is 0.324 e. The molecule has 0 aromatic heterocycles. The Morgan fingerprint density at radius 3 is 2.53 bits per heavy atom. The Kier molecular flexibility index (Phi) is 7.68. The molecular formula is C26H32N2O5S. The van der Waals surface area contributed by atoms with E-state index in [-0.39, 0.29) is 23.5 Å². The topological polar surface area (TPSA) is 85.3 Å². The molecule has 7 nitrogen and oxygen atoms in total. The van der Waals surface area contributed by atoms with Crippen LogP contribution in [0.1, 0.15) is 50.2 Å². The summed E-state index contributed by atoms with van der Waals surface area (Å²) in [6, 6.07) is 15.3. The molecule has 0 spiro atoms. The largest absolute Gasteiger partial charge is 0.465 e. The summed E-state index contributed by atoms with van der Waals surface area (Å²) in [4.78, 5) is 18.8. The van der Waals surface area contributed by atoms with Gasteiger partial charge in [0, 0.05) is 12.0 Å². The molecule has 2 aromatic carbocycles. The van der Waals surface area contributed by atoms with Crippen LogP contribution in [-0.4, -0.2) is 43.1 Å². The smallest absolute Gasteiger partial charge is 0.324 e. The molecule has 0 bridgehead atoms. The summed E-state index contributed by atoms with van der Waals surface area (Å²) in [5, 5.41) is 4.46. The van der Waals surface area contributed by atoms with Gasteiger partial charge in [0.1, 0.15) is 12.6 Å². The second-order valence-electron chi connectivity index (χ2n) is 8.91. The molecule has 1 heterocycles. The summed E-state index contributed by atoms with van der Waals surface area (Å²) >= 11 is 0. The van der Waals surface area contributed by atoms with Crippen molar-refractivity contribution in [1.82, 2.24) is 4.31 Å². The number of nitrogens with zero attached hydrogens (tertiary/aromatic N) is 2. The summed E-state index contributed by atoms with van der Waals surface area (Å²) in [5.74, 6) is -0.691. The molecule has 0 radical (unpaired) electrons. The van der Waals surface area contributed by atoms with E-state index < -0.39 is 22.0 Å². The average Bonchev–Trinajstić information content (AvgIpc) is 3.12. The fourth-order valence-corrected chi connectivity index (χ4v) is 6.77. The third-order valence-corrected chi connectivity index (χ3v) is 8.55. The lowest BCUT2D eigenvalue weighted by molar-refractivity contribution is -0.147. The van der Waals surface area contributed by atoms with Gasteiger partial charge in [0.25, 0.3) is 0 Å². The molecule has 1 aliphatic carbocycles. The van der Waals surface area contributed by atoms with Crippen molar-refractivity contribution in [2.45, 2.75) is 69.5 Å². The predicted molar refractivity (Wildman–Crippen MR) is 130 cm³/mol. The molecule has 2 aliphatic rings. The highest BCUT2D eigenvalue weighted by Crippen LogP contribution is 2.41. The Balaban J connectivity index is 1.65. The van der Waals surface area contributed by atoms with E-state index in [1.165, 1.54) is 4.31 Å². The van der Waals surface area contributed by atoms with E-state index in [9.17, 15) is 13.2 Å². The van der Waals surface area contributed by atoms with Crippen LogP contribution in [0.2, 0.25) is 0 Å². The van der Waals surface area contributed by atoms with E-state index in [4.69, 9.17) is 9.57 Å². The highest BCUT2D eigenvalue weighted by molar-refractivity contribution is 7.89. The predicted octanol–water partition coefficient (Wildman–Crippen LogP) is 4.45. The number of sulfonamides is 1. The number of rotatable bonds is 7. The number of benzene rings is 2. The molecule has 0 amide bonds. The minimum Gasteiger partial charge on any atom is -0.465 e. The standard InChI is InChI=1S/C26H32N2O5S/c1-3-32-26(29)25-17-22-23(27-33-18-20-9-5-4-6-10-20)11-7-8-12-24(22)28(25)34(30,31)21-15-13-19(2)14-16-21/h4-6,9-10,13-16,22,24-25H,3,7-8,11-12,17-18H2,1-2H3/b27-23+/t22-,24+,25+/m1/s1. The fourth-order valence-electron chi connectivity index (χ4n) is 4.94. The molecule has 182 valence electrons. The third kappa shape index (κ3) is 5.18. The van der Waals surface area contributed by atoms with Crippen LogP contribution in [0.5, 0.6) is 0 Å². The minimum absolute atomic E-state index is 0.187. The van der Waals surface area contributed by atoms with Gasteiger partial charge in [0.05, 0.1) is 17.2 Å². The number of oxime groups is 1. The Hall–Kier alpha value is -2.71. The van der Waals surface area contributed by atoms with Crippen molar-refractivity contribution in [2.75, 3.05) is 6.61 Å². The number of hydrogen-bond donors (Lipinski definition) is 0. The number of aryl methyl sites for hydroxylation is 1. The second kappa shape index (κ2) is 10.7. The molecule has 4 rings (SSSR count). The first-order chi connectivity index (χ1) is 16.4. The number of hydrogen-bond acceptors (Lipinski definition) is 6. The molecular weight excluding hydrogens is 452 g/mol. The fraction of sp³-hybridized carbons (Fsp3) is 0.462. The van der Waals surface area contributed by atoms with Crippen molar-refractivity contribution in [3.63, 3.8) is 0 Å². The maximum atomic E-state index is 13.8. The van der Waals surface area contributed by atoms with Crippen LogP contribution in [0.4, 0.5) is 0 Å². The normalized spacial score (nSPS) is 24.4. The number of carbonyl (C=O) groups excluding carboxylic acids is 1. The van der Waals surface area contributed by atoms with Gasteiger partial charge >= 0.3 is 5.97 Å². The van der Waals surface area contributed by atoms with Gasteiger partial charge in [-0.15, -0.1) is 0 Å². The molecule has 1 saturated carbocycles.